The van der Waals surface area contributed by atoms with Crippen LogP contribution < -0.4 is 4.74 Å². The molecule has 0 aliphatic heterocycles. The van der Waals surface area contributed by atoms with Crippen LogP contribution in [0, 0.1) is 0 Å². The zero-order valence-electron chi connectivity index (χ0n) is 22.1. The lowest BCUT2D eigenvalue weighted by atomic mass is 10.1. The van der Waals surface area contributed by atoms with E-state index in [1.807, 2.05) is 88.6 Å². The predicted octanol–water partition coefficient (Wildman–Crippen LogP) is 6.86. The first kappa shape index (κ1) is 24.3. The van der Waals surface area contributed by atoms with Gasteiger partial charge >= 0.3 is 0 Å². The van der Waals surface area contributed by atoms with Gasteiger partial charge in [0.05, 0.1) is 30.5 Å². The molecule has 0 atom stereocenters. The van der Waals surface area contributed by atoms with E-state index >= 15 is 0 Å². The fraction of sp³-hybridized carbons (Fsp3) is 0.0303. The van der Waals surface area contributed by atoms with Crippen molar-refractivity contribution in [3.05, 3.63) is 122 Å². The molecule has 0 radical (unpaired) electrons. The first-order valence-corrected chi connectivity index (χ1v) is 13.0. The summed E-state index contributed by atoms with van der Waals surface area (Å²) in [4.78, 5) is 17.4. The summed E-state index contributed by atoms with van der Waals surface area (Å²) in [7, 11) is 1.67. The average Bonchev–Trinajstić information content (AvgIpc) is 3.65. The maximum absolute atomic E-state index is 9.48. The Labute approximate surface area is 234 Å². The standard InChI is InChI=1S/C17H13N3O.C16H11N3O/c1-21-15-3-2-13-9-17(19-10-14(13)8-15)20-7-5-12-4-6-18-11-16(12)20;20-14-2-1-12-8-16(18-9-13(12)7-14)19-6-4-11-3-5-17-10-15(11)19/h2-11H,1H3;1-10,20H. The minimum absolute atomic E-state index is 0.252. The zero-order valence-corrected chi connectivity index (χ0v) is 22.1. The van der Waals surface area contributed by atoms with Gasteiger partial charge in [-0.25, -0.2) is 9.97 Å². The molecule has 8 nitrogen and oxygen atoms in total. The molecule has 6 heterocycles. The van der Waals surface area contributed by atoms with Crippen molar-refractivity contribution in [2.45, 2.75) is 0 Å². The Morgan fingerprint density at radius 1 is 0.561 bits per heavy atom. The number of aromatic nitrogens is 6. The topological polar surface area (TPSA) is 90.9 Å². The number of pyridine rings is 4. The molecule has 198 valence electrons. The molecule has 0 amide bonds. The molecule has 6 aromatic heterocycles. The highest BCUT2D eigenvalue weighted by molar-refractivity contribution is 5.87. The number of methoxy groups -OCH3 is 1. The van der Waals surface area contributed by atoms with Crippen molar-refractivity contribution in [3.63, 3.8) is 0 Å². The van der Waals surface area contributed by atoms with Crippen molar-refractivity contribution in [1.29, 1.82) is 0 Å². The number of phenolic OH excluding ortho intramolecular Hbond substituents is 1. The maximum Gasteiger partial charge on any atom is 0.137 e. The number of phenols is 1. The molecule has 2 aromatic carbocycles. The molecule has 0 aliphatic rings. The van der Waals surface area contributed by atoms with Crippen molar-refractivity contribution >= 4 is 43.4 Å². The lowest BCUT2D eigenvalue weighted by Gasteiger charge is -2.07. The van der Waals surface area contributed by atoms with Gasteiger partial charge in [0.15, 0.2) is 0 Å². The van der Waals surface area contributed by atoms with Crippen LogP contribution >= 0.6 is 0 Å². The largest absolute Gasteiger partial charge is 0.508 e. The normalized spacial score (nSPS) is 11.1. The number of fused-ring (bicyclic) bond motifs is 4. The molecule has 8 aromatic rings. The number of ether oxygens (including phenoxy) is 1. The van der Waals surface area contributed by atoms with E-state index in [2.05, 4.69) is 32.1 Å². The van der Waals surface area contributed by atoms with E-state index < -0.39 is 0 Å². The van der Waals surface area contributed by atoms with Gasteiger partial charge in [0.25, 0.3) is 0 Å². The first-order chi connectivity index (χ1) is 20.2. The summed E-state index contributed by atoms with van der Waals surface area (Å²) >= 11 is 0. The van der Waals surface area contributed by atoms with E-state index in [0.717, 1.165) is 60.7 Å². The van der Waals surface area contributed by atoms with Crippen molar-refractivity contribution in [2.24, 2.45) is 0 Å². The Morgan fingerprint density at radius 3 is 1.71 bits per heavy atom. The van der Waals surface area contributed by atoms with Gasteiger partial charge < -0.3 is 9.84 Å². The molecule has 8 heteroatoms. The number of hydrogen-bond donors (Lipinski definition) is 1. The molecule has 0 fully saturated rings. The van der Waals surface area contributed by atoms with Crippen LogP contribution in [0.5, 0.6) is 11.5 Å². The summed E-state index contributed by atoms with van der Waals surface area (Å²) in [6, 6.07) is 23.4. The van der Waals surface area contributed by atoms with E-state index in [0.29, 0.717) is 0 Å². The predicted molar refractivity (Wildman–Crippen MR) is 161 cm³/mol. The zero-order chi connectivity index (χ0) is 27.8. The molecular weight excluding hydrogens is 512 g/mol. The highest BCUT2D eigenvalue weighted by atomic mass is 16.5. The third kappa shape index (κ3) is 4.57. The first-order valence-electron chi connectivity index (χ1n) is 13.0. The van der Waals surface area contributed by atoms with Crippen LogP contribution in [0.1, 0.15) is 0 Å². The third-order valence-electron chi connectivity index (χ3n) is 7.09. The lowest BCUT2D eigenvalue weighted by molar-refractivity contribution is 0.415. The lowest BCUT2D eigenvalue weighted by Crippen LogP contribution is -1.95. The summed E-state index contributed by atoms with van der Waals surface area (Å²) in [5.41, 5.74) is 2.08. The van der Waals surface area contributed by atoms with Gasteiger partial charge in [-0.15, -0.1) is 0 Å². The average molecular weight is 537 g/mol. The van der Waals surface area contributed by atoms with Crippen LogP contribution in [0.25, 0.3) is 55.0 Å². The van der Waals surface area contributed by atoms with Gasteiger partial charge in [-0.3, -0.25) is 19.1 Å². The highest BCUT2D eigenvalue weighted by Crippen LogP contribution is 2.25. The Bertz CT molecular complexity index is 2180. The number of hydrogen-bond acceptors (Lipinski definition) is 6. The molecule has 0 bridgehead atoms. The van der Waals surface area contributed by atoms with Gasteiger partial charge in [0, 0.05) is 58.7 Å². The second-order valence-corrected chi connectivity index (χ2v) is 9.57. The smallest absolute Gasteiger partial charge is 0.137 e. The molecule has 0 saturated carbocycles. The minimum Gasteiger partial charge on any atom is -0.508 e. The quantitative estimate of drug-likeness (QED) is 0.265. The highest BCUT2D eigenvalue weighted by Gasteiger charge is 2.07. The van der Waals surface area contributed by atoms with Crippen LogP contribution in [-0.4, -0.2) is 41.3 Å². The Morgan fingerprint density at radius 2 is 1.12 bits per heavy atom. The van der Waals surface area contributed by atoms with Crippen LogP contribution in [-0.2, 0) is 0 Å². The molecule has 1 N–H and O–H groups in total. The molecule has 8 rings (SSSR count). The van der Waals surface area contributed by atoms with Gasteiger partial charge in [0.2, 0.25) is 0 Å². The van der Waals surface area contributed by atoms with Gasteiger partial charge in [-0.05, 0) is 71.4 Å². The van der Waals surface area contributed by atoms with E-state index in [-0.39, 0.29) is 5.75 Å². The SMILES string of the molecule is COc1ccc2cc(-n3ccc4ccncc43)ncc2c1.Oc1ccc2cc(-n3ccc4ccncc43)ncc2c1. The fourth-order valence-electron chi connectivity index (χ4n) is 4.96. The summed E-state index contributed by atoms with van der Waals surface area (Å²) < 4.78 is 9.30. The number of rotatable bonds is 3. The second-order valence-electron chi connectivity index (χ2n) is 9.57. The van der Waals surface area contributed by atoms with Crippen LogP contribution in [0.2, 0.25) is 0 Å². The number of aromatic hydroxyl groups is 1. The maximum atomic E-state index is 9.48. The van der Waals surface area contributed by atoms with Crippen molar-refractivity contribution < 1.29 is 9.84 Å². The number of benzene rings is 2. The van der Waals surface area contributed by atoms with Crippen LogP contribution in [0.15, 0.2) is 122 Å². The molecule has 0 aliphatic carbocycles. The molecule has 0 spiro atoms. The third-order valence-corrected chi connectivity index (χ3v) is 7.09. The van der Waals surface area contributed by atoms with Gasteiger partial charge in [-0.2, -0.15) is 0 Å². The van der Waals surface area contributed by atoms with E-state index in [9.17, 15) is 5.11 Å². The summed E-state index contributed by atoms with van der Waals surface area (Å²) in [5.74, 6) is 2.82. The second kappa shape index (κ2) is 10.1. The van der Waals surface area contributed by atoms with Crippen LogP contribution in [0.4, 0.5) is 0 Å². The minimum atomic E-state index is 0.252. The van der Waals surface area contributed by atoms with Gasteiger partial charge in [-0.1, -0.05) is 12.1 Å². The Balaban J connectivity index is 0.000000135. The van der Waals surface area contributed by atoms with E-state index in [4.69, 9.17) is 4.74 Å². The summed E-state index contributed by atoms with van der Waals surface area (Å²) in [6.07, 6.45) is 14.9. The molecule has 0 unspecified atom stereocenters. The molecule has 0 saturated heterocycles. The monoisotopic (exact) mass is 536 g/mol. The Hall–Kier alpha value is -5.76. The van der Waals surface area contributed by atoms with Crippen molar-refractivity contribution in [2.75, 3.05) is 7.11 Å². The van der Waals surface area contributed by atoms with Crippen molar-refractivity contribution in [1.82, 2.24) is 29.1 Å². The van der Waals surface area contributed by atoms with E-state index in [1.54, 1.807) is 37.8 Å². The molecule has 41 heavy (non-hydrogen) atoms. The number of nitrogens with zero attached hydrogens (tertiary/aromatic N) is 6. The van der Waals surface area contributed by atoms with Gasteiger partial charge in [0.1, 0.15) is 23.1 Å². The summed E-state index contributed by atoms with van der Waals surface area (Å²) in [6.45, 7) is 0. The van der Waals surface area contributed by atoms with Crippen molar-refractivity contribution in [3.8, 4) is 23.1 Å². The fourth-order valence-corrected chi connectivity index (χ4v) is 4.96. The Kier molecular flexibility index (Phi) is 5.98. The molecular formula is C33H24N6O2. The van der Waals surface area contributed by atoms with E-state index in [1.165, 1.54) is 0 Å². The van der Waals surface area contributed by atoms with Crippen LogP contribution in [0.3, 0.4) is 0 Å². The summed E-state index contributed by atoms with van der Waals surface area (Å²) in [5, 5.41) is 15.9.